The van der Waals surface area contributed by atoms with Gasteiger partial charge in [0.2, 0.25) is 0 Å². The molecule has 0 unspecified atom stereocenters. The average molecular weight is 699 g/mol. The number of aryl methyl sites for hydroxylation is 2. The SMILES string of the molecule is CCCCCCCCCCCCc1ccc2cc3c(cc2c1)sc1cc2c(cc13)sc1cc3cc(CCCCCCCCCC)ccc3cc12. The highest BCUT2D eigenvalue weighted by Gasteiger charge is 2.13. The highest BCUT2D eigenvalue weighted by atomic mass is 32.1. The number of hydrogen-bond donors (Lipinski definition) is 0. The fourth-order valence-corrected chi connectivity index (χ4v) is 10.5. The zero-order chi connectivity index (χ0) is 34.1. The number of rotatable bonds is 20. The third kappa shape index (κ3) is 8.56. The lowest BCUT2D eigenvalue weighted by molar-refractivity contribution is 0.556. The van der Waals surface area contributed by atoms with Gasteiger partial charge in [-0.15, -0.1) is 22.7 Å². The van der Waals surface area contributed by atoms with Crippen molar-refractivity contribution in [1.82, 2.24) is 0 Å². The van der Waals surface area contributed by atoms with Crippen LogP contribution in [0.1, 0.15) is 141 Å². The minimum Gasteiger partial charge on any atom is -0.135 e. The first-order valence-electron chi connectivity index (χ1n) is 20.4. The molecule has 2 heterocycles. The average Bonchev–Trinajstić information content (AvgIpc) is 3.66. The summed E-state index contributed by atoms with van der Waals surface area (Å²) in [4.78, 5) is 0. The van der Waals surface area contributed by atoms with Crippen molar-refractivity contribution < 1.29 is 0 Å². The topological polar surface area (TPSA) is 0 Å². The van der Waals surface area contributed by atoms with Gasteiger partial charge in [-0.1, -0.05) is 153 Å². The van der Waals surface area contributed by atoms with E-state index in [1.54, 1.807) is 0 Å². The van der Waals surface area contributed by atoms with Gasteiger partial charge in [0, 0.05) is 40.3 Å². The smallest absolute Gasteiger partial charge is 0.0362 e. The zero-order valence-electron chi connectivity index (χ0n) is 30.9. The summed E-state index contributed by atoms with van der Waals surface area (Å²) in [6.45, 7) is 4.60. The fourth-order valence-electron chi connectivity index (χ4n) is 8.22. The number of fused-ring (bicyclic) bond motifs is 8. The van der Waals surface area contributed by atoms with E-state index >= 15 is 0 Å². The number of thiophene rings is 2. The zero-order valence-corrected chi connectivity index (χ0v) is 32.5. The van der Waals surface area contributed by atoms with Crippen LogP contribution in [0.4, 0.5) is 0 Å². The van der Waals surface area contributed by atoms with E-state index in [1.165, 1.54) is 201 Å². The quantitative estimate of drug-likeness (QED) is 0.0695. The van der Waals surface area contributed by atoms with Crippen LogP contribution in [-0.2, 0) is 12.8 Å². The lowest BCUT2D eigenvalue weighted by atomic mass is 9.99. The van der Waals surface area contributed by atoms with Gasteiger partial charge in [0.1, 0.15) is 0 Å². The maximum absolute atomic E-state index is 2.48. The summed E-state index contributed by atoms with van der Waals surface area (Å²) in [6.07, 6.45) is 27.4. The van der Waals surface area contributed by atoms with Crippen molar-refractivity contribution in [1.29, 1.82) is 0 Å². The Hall–Kier alpha value is -2.94. The molecule has 0 amide bonds. The van der Waals surface area contributed by atoms with Crippen LogP contribution in [0.25, 0.3) is 61.9 Å². The van der Waals surface area contributed by atoms with Gasteiger partial charge in [-0.05, 0) is 94.8 Å². The van der Waals surface area contributed by atoms with Gasteiger partial charge in [-0.3, -0.25) is 0 Å². The molecule has 262 valence electrons. The van der Waals surface area contributed by atoms with Crippen molar-refractivity contribution in [2.75, 3.05) is 0 Å². The van der Waals surface area contributed by atoms with E-state index in [9.17, 15) is 0 Å². The van der Waals surface area contributed by atoms with Crippen molar-refractivity contribution in [3.63, 3.8) is 0 Å². The van der Waals surface area contributed by atoms with Crippen LogP contribution in [0.5, 0.6) is 0 Å². The first kappa shape index (κ1) is 35.5. The van der Waals surface area contributed by atoms with Crippen LogP contribution in [0.15, 0.2) is 72.8 Å². The molecule has 0 aliphatic carbocycles. The third-order valence-corrected chi connectivity index (χ3v) is 13.5. The molecular weight excluding hydrogens is 641 g/mol. The van der Waals surface area contributed by atoms with E-state index in [4.69, 9.17) is 0 Å². The van der Waals surface area contributed by atoms with Gasteiger partial charge < -0.3 is 0 Å². The van der Waals surface area contributed by atoms with Crippen molar-refractivity contribution in [3.05, 3.63) is 83.9 Å². The Balaban J connectivity index is 1.02. The molecule has 0 N–H and O–H groups in total. The molecule has 7 rings (SSSR count). The van der Waals surface area contributed by atoms with E-state index in [1.807, 2.05) is 22.7 Å². The Morgan fingerprint density at radius 1 is 0.320 bits per heavy atom. The van der Waals surface area contributed by atoms with Crippen LogP contribution in [-0.4, -0.2) is 0 Å². The summed E-state index contributed by atoms with van der Waals surface area (Å²) in [7, 11) is 0. The predicted octanol–water partition coefficient (Wildman–Crippen LogP) is 16.9. The van der Waals surface area contributed by atoms with Crippen LogP contribution in [0.2, 0.25) is 0 Å². The summed E-state index contributed by atoms with van der Waals surface area (Å²) < 4.78 is 5.65. The standard InChI is InChI=1S/C48H58S2/c1-3-5-7-9-11-13-14-16-18-20-22-36-24-26-38-30-42-44-34-47-43(33-48(44)50-46(42)32-40(38)28-36)41-29-37-25-23-35(27-39(37)31-45(41)49-47)21-19-17-15-12-10-8-6-4-2/h23-34H,3-22H2,1-2H3. The van der Waals surface area contributed by atoms with E-state index in [-0.39, 0.29) is 0 Å². The third-order valence-electron chi connectivity index (χ3n) is 11.2. The molecule has 2 heteroatoms. The highest BCUT2D eigenvalue weighted by Crippen LogP contribution is 2.43. The van der Waals surface area contributed by atoms with Crippen LogP contribution in [0, 0.1) is 0 Å². The minimum atomic E-state index is 1.20. The van der Waals surface area contributed by atoms with Crippen molar-refractivity contribution in [2.24, 2.45) is 0 Å². The lowest BCUT2D eigenvalue weighted by Crippen LogP contribution is -1.87. The minimum absolute atomic E-state index is 1.20. The highest BCUT2D eigenvalue weighted by molar-refractivity contribution is 7.27. The largest absolute Gasteiger partial charge is 0.135 e. The van der Waals surface area contributed by atoms with Crippen LogP contribution in [0.3, 0.4) is 0 Å². The maximum atomic E-state index is 2.48. The molecule has 0 saturated heterocycles. The molecule has 2 aromatic heterocycles. The van der Waals surface area contributed by atoms with Gasteiger partial charge in [0.05, 0.1) is 0 Å². The fraction of sp³-hybridized carbons (Fsp3) is 0.458. The van der Waals surface area contributed by atoms with Gasteiger partial charge >= 0.3 is 0 Å². The number of unbranched alkanes of at least 4 members (excludes halogenated alkanes) is 16. The molecule has 0 aliphatic heterocycles. The Morgan fingerprint density at radius 3 is 1.06 bits per heavy atom. The molecule has 0 nitrogen and oxygen atoms in total. The van der Waals surface area contributed by atoms with E-state index in [0.29, 0.717) is 0 Å². The molecule has 5 aromatic carbocycles. The Morgan fingerprint density at radius 2 is 0.660 bits per heavy atom. The summed E-state index contributed by atoms with van der Waals surface area (Å²) in [5, 5.41) is 11.2. The summed E-state index contributed by atoms with van der Waals surface area (Å²) in [5.41, 5.74) is 2.99. The van der Waals surface area contributed by atoms with Gasteiger partial charge in [0.15, 0.2) is 0 Å². The number of hydrogen-bond acceptors (Lipinski definition) is 2. The molecule has 0 bridgehead atoms. The van der Waals surface area contributed by atoms with Crippen LogP contribution >= 0.6 is 22.7 Å². The predicted molar refractivity (Wildman–Crippen MR) is 229 cm³/mol. The van der Waals surface area contributed by atoms with E-state index in [2.05, 4.69) is 86.6 Å². The molecule has 0 spiro atoms. The van der Waals surface area contributed by atoms with Crippen molar-refractivity contribution in [3.8, 4) is 0 Å². The normalized spacial score (nSPS) is 12.2. The number of benzene rings is 5. The molecule has 0 saturated carbocycles. The van der Waals surface area contributed by atoms with E-state index < -0.39 is 0 Å². The first-order chi connectivity index (χ1) is 24.7. The van der Waals surface area contributed by atoms with Crippen molar-refractivity contribution >= 4 is 84.6 Å². The molecule has 0 atom stereocenters. The Kier molecular flexibility index (Phi) is 12.4. The molecule has 7 aromatic rings. The molecule has 0 radical (unpaired) electrons. The Labute approximate surface area is 309 Å². The molecule has 50 heavy (non-hydrogen) atoms. The summed E-state index contributed by atoms with van der Waals surface area (Å²) in [6, 6.07) is 29.2. The first-order valence-corrected chi connectivity index (χ1v) is 22.0. The van der Waals surface area contributed by atoms with Gasteiger partial charge in [-0.2, -0.15) is 0 Å². The second-order valence-corrected chi connectivity index (χ2v) is 17.4. The molecule has 0 aliphatic rings. The Bertz CT molecular complexity index is 2160. The molecule has 0 fully saturated rings. The lowest BCUT2D eigenvalue weighted by Gasteiger charge is -2.06. The maximum Gasteiger partial charge on any atom is 0.0362 e. The summed E-state index contributed by atoms with van der Waals surface area (Å²) in [5.74, 6) is 0. The summed E-state index contributed by atoms with van der Waals surface area (Å²) >= 11 is 3.94. The van der Waals surface area contributed by atoms with Gasteiger partial charge in [-0.25, -0.2) is 0 Å². The van der Waals surface area contributed by atoms with E-state index in [0.717, 1.165) is 0 Å². The molecular formula is C48H58S2. The second kappa shape index (κ2) is 17.5. The van der Waals surface area contributed by atoms with Crippen molar-refractivity contribution in [2.45, 2.75) is 142 Å². The van der Waals surface area contributed by atoms with Gasteiger partial charge in [0.25, 0.3) is 0 Å². The second-order valence-electron chi connectivity index (χ2n) is 15.3. The monoisotopic (exact) mass is 698 g/mol. The van der Waals surface area contributed by atoms with Crippen LogP contribution < -0.4 is 0 Å².